The van der Waals surface area contributed by atoms with E-state index in [1.54, 1.807) is 6.20 Å². The van der Waals surface area contributed by atoms with E-state index in [-0.39, 0.29) is 11.6 Å². The molecule has 1 aromatic carbocycles. The lowest BCUT2D eigenvalue weighted by Crippen LogP contribution is -2.39. The Morgan fingerprint density at radius 2 is 1.81 bits per heavy atom. The highest BCUT2D eigenvalue weighted by molar-refractivity contribution is 6.19. The Bertz CT molecular complexity index is 899. The van der Waals surface area contributed by atoms with E-state index >= 15 is 0 Å². The van der Waals surface area contributed by atoms with Gasteiger partial charge in [-0.25, -0.2) is 9.97 Å². The molecule has 7 heteroatoms. The SMILES string of the molecule is ClC1CNC(c2nc3ncccc3[nH]2)CO1.c1ccc2ncccc2c1. The molecule has 2 unspecified atom stereocenters. The summed E-state index contributed by atoms with van der Waals surface area (Å²) in [5.41, 5.74) is 2.48. The van der Waals surface area contributed by atoms with Crippen LogP contribution >= 0.6 is 11.6 Å². The van der Waals surface area contributed by atoms with Crippen LogP contribution in [0.25, 0.3) is 22.1 Å². The molecule has 5 rings (SSSR count). The van der Waals surface area contributed by atoms with Gasteiger partial charge < -0.3 is 15.0 Å². The number of rotatable bonds is 1. The maximum Gasteiger partial charge on any atom is 0.177 e. The first-order chi connectivity index (χ1) is 12.8. The van der Waals surface area contributed by atoms with Gasteiger partial charge >= 0.3 is 0 Å². The number of para-hydroxylation sites is 1. The second-order valence-corrected chi connectivity index (χ2v) is 6.38. The Morgan fingerprint density at radius 3 is 2.62 bits per heavy atom. The highest BCUT2D eigenvalue weighted by Gasteiger charge is 2.23. The van der Waals surface area contributed by atoms with Crippen LogP contribution in [0.15, 0.2) is 60.9 Å². The second kappa shape index (κ2) is 7.78. The van der Waals surface area contributed by atoms with Crippen LogP contribution in [-0.2, 0) is 4.74 Å². The lowest BCUT2D eigenvalue weighted by molar-refractivity contribution is 0.0487. The maximum absolute atomic E-state index is 5.82. The molecule has 1 aliphatic rings. The zero-order valence-corrected chi connectivity index (χ0v) is 14.7. The van der Waals surface area contributed by atoms with Gasteiger partial charge in [0, 0.05) is 24.3 Å². The fourth-order valence-electron chi connectivity index (χ4n) is 2.77. The summed E-state index contributed by atoms with van der Waals surface area (Å²) in [6.45, 7) is 1.14. The molecule has 6 nitrogen and oxygen atoms in total. The van der Waals surface area contributed by atoms with Crippen molar-refractivity contribution in [2.45, 2.75) is 11.6 Å². The van der Waals surface area contributed by atoms with Crippen molar-refractivity contribution < 1.29 is 4.74 Å². The Kier molecular flexibility index (Phi) is 5.06. The van der Waals surface area contributed by atoms with E-state index in [1.807, 2.05) is 42.6 Å². The van der Waals surface area contributed by atoms with Crippen LogP contribution in [0, 0.1) is 0 Å². The van der Waals surface area contributed by atoms with Crippen molar-refractivity contribution in [3.8, 4) is 0 Å². The molecular formula is C19H18ClN5O. The molecule has 4 aromatic rings. The first-order valence-corrected chi connectivity index (χ1v) is 8.83. The molecule has 2 N–H and O–H groups in total. The Morgan fingerprint density at radius 1 is 1.00 bits per heavy atom. The van der Waals surface area contributed by atoms with Crippen LogP contribution in [0.1, 0.15) is 11.9 Å². The topological polar surface area (TPSA) is 75.7 Å². The number of nitrogens with one attached hydrogen (secondary N) is 2. The van der Waals surface area contributed by atoms with E-state index in [4.69, 9.17) is 16.3 Å². The fraction of sp³-hybridized carbons (Fsp3) is 0.211. The number of pyridine rings is 2. The normalized spacial score (nSPS) is 19.9. The molecule has 26 heavy (non-hydrogen) atoms. The zero-order chi connectivity index (χ0) is 17.8. The quantitative estimate of drug-likeness (QED) is 0.504. The number of nitrogens with zero attached hydrogens (tertiary/aromatic N) is 3. The van der Waals surface area contributed by atoms with E-state index in [9.17, 15) is 0 Å². The molecule has 1 aliphatic heterocycles. The number of H-pyrrole nitrogens is 1. The van der Waals surface area contributed by atoms with Crippen LogP contribution in [-0.4, -0.2) is 38.7 Å². The van der Waals surface area contributed by atoms with Gasteiger partial charge in [0.15, 0.2) is 5.65 Å². The molecule has 4 heterocycles. The van der Waals surface area contributed by atoms with Gasteiger partial charge in [-0.2, -0.15) is 0 Å². The fourth-order valence-corrected chi connectivity index (χ4v) is 2.94. The molecule has 0 aliphatic carbocycles. The lowest BCUT2D eigenvalue weighted by atomic mass is 10.2. The van der Waals surface area contributed by atoms with Crippen LogP contribution in [0.2, 0.25) is 0 Å². The number of aromatic amines is 1. The highest BCUT2D eigenvalue weighted by atomic mass is 35.5. The third-order valence-corrected chi connectivity index (χ3v) is 4.37. The molecule has 0 spiro atoms. The maximum atomic E-state index is 5.82. The van der Waals surface area contributed by atoms with Gasteiger partial charge in [-0.05, 0) is 24.3 Å². The number of halogens is 1. The molecule has 1 saturated heterocycles. The van der Waals surface area contributed by atoms with Gasteiger partial charge in [-0.1, -0.05) is 35.9 Å². The van der Waals surface area contributed by atoms with E-state index in [0.717, 1.165) is 22.5 Å². The molecule has 3 aromatic heterocycles. The molecule has 0 saturated carbocycles. The van der Waals surface area contributed by atoms with Crippen LogP contribution in [0.5, 0.6) is 0 Å². The van der Waals surface area contributed by atoms with E-state index in [0.29, 0.717) is 13.2 Å². The van der Waals surface area contributed by atoms with Gasteiger partial charge in [-0.3, -0.25) is 4.98 Å². The summed E-state index contributed by atoms with van der Waals surface area (Å²) in [5.74, 6) is 0.845. The van der Waals surface area contributed by atoms with Crippen molar-refractivity contribution >= 4 is 33.7 Å². The summed E-state index contributed by atoms with van der Waals surface area (Å²) >= 11 is 5.82. The Hall–Kier alpha value is -2.54. The number of alkyl halides is 1. The minimum Gasteiger partial charge on any atom is -0.359 e. The number of aromatic nitrogens is 4. The predicted molar refractivity (Wildman–Crippen MR) is 102 cm³/mol. The van der Waals surface area contributed by atoms with Crippen molar-refractivity contribution in [1.82, 2.24) is 25.3 Å². The second-order valence-electron chi connectivity index (χ2n) is 5.90. The van der Waals surface area contributed by atoms with Crippen molar-refractivity contribution in [2.75, 3.05) is 13.2 Å². The summed E-state index contributed by atoms with van der Waals surface area (Å²) in [7, 11) is 0. The molecule has 132 valence electrons. The Labute approximate surface area is 155 Å². The van der Waals surface area contributed by atoms with E-state index in [2.05, 4.69) is 37.4 Å². The number of ether oxygens (including phenoxy) is 1. The highest BCUT2D eigenvalue weighted by Crippen LogP contribution is 2.18. The summed E-state index contributed by atoms with van der Waals surface area (Å²) in [4.78, 5) is 16.0. The summed E-state index contributed by atoms with van der Waals surface area (Å²) in [5, 5.41) is 4.47. The van der Waals surface area contributed by atoms with Gasteiger partial charge in [0.05, 0.1) is 23.7 Å². The van der Waals surface area contributed by atoms with Crippen molar-refractivity contribution in [2.24, 2.45) is 0 Å². The minimum absolute atomic E-state index is 0.0594. The number of hydrogen-bond donors (Lipinski definition) is 2. The standard InChI is InChI=1S/C10H11ClN4O.C9H7N/c11-8-4-13-7(5-16-8)10-14-6-2-1-3-12-9(6)15-10;1-2-6-9-8(4-1)5-3-7-10-9/h1-3,7-8,13H,4-5H2,(H,12,14,15);1-7H. The lowest BCUT2D eigenvalue weighted by Gasteiger charge is -2.25. The molecule has 0 bridgehead atoms. The average Bonchev–Trinajstić information content (AvgIpc) is 3.13. The average molecular weight is 368 g/mol. The minimum atomic E-state index is -0.251. The van der Waals surface area contributed by atoms with Gasteiger partial charge in [0.25, 0.3) is 0 Å². The zero-order valence-electron chi connectivity index (χ0n) is 14.0. The van der Waals surface area contributed by atoms with Crippen molar-refractivity contribution in [1.29, 1.82) is 0 Å². The van der Waals surface area contributed by atoms with E-state index < -0.39 is 0 Å². The number of fused-ring (bicyclic) bond motifs is 2. The number of benzene rings is 1. The molecule has 2 atom stereocenters. The molecule has 1 fully saturated rings. The smallest absolute Gasteiger partial charge is 0.177 e. The molecule has 0 radical (unpaired) electrons. The van der Waals surface area contributed by atoms with Crippen LogP contribution in [0.4, 0.5) is 0 Å². The summed E-state index contributed by atoms with van der Waals surface area (Å²) < 4.78 is 5.36. The first kappa shape index (κ1) is 16.9. The third-order valence-electron chi connectivity index (χ3n) is 4.09. The van der Waals surface area contributed by atoms with Crippen LogP contribution in [0.3, 0.4) is 0 Å². The number of morpholine rings is 1. The summed E-state index contributed by atoms with van der Waals surface area (Å²) in [6.07, 6.45) is 3.54. The van der Waals surface area contributed by atoms with Crippen LogP contribution < -0.4 is 5.32 Å². The van der Waals surface area contributed by atoms with E-state index in [1.165, 1.54) is 5.39 Å². The van der Waals surface area contributed by atoms with Gasteiger partial charge in [-0.15, -0.1) is 0 Å². The molecule has 0 amide bonds. The number of hydrogen-bond acceptors (Lipinski definition) is 5. The largest absolute Gasteiger partial charge is 0.359 e. The molecular weight excluding hydrogens is 350 g/mol. The van der Waals surface area contributed by atoms with Gasteiger partial charge in [0.2, 0.25) is 0 Å². The third kappa shape index (κ3) is 3.83. The van der Waals surface area contributed by atoms with Crippen molar-refractivity contribution in [3.63, 3.8) is 0 Å². The van der Waals surface area contributed by atoms with Gasteiger partial charge in [0.1, 0.15) is 11.4 Å². The first-order valence-electron chi connectivity index (χ1n) is 8.39. The predicted octanol–water partition coefficient (Wildman–Crippen LogP) is 3.42. The number of imidazole rings is 1. The van der Waals surface area contributed by atoms with Crippen molar-refractivity contribution in [3.05, 3.63) is 66.7 Å². The monoisotopic (exact) mass is 367 g/mol. The summed E-state index contributed by atoms with van der Waals surface area (Å²) in [6, 6.07) is 16.0. The Balaban J connectivity index is 0.000000144.